The number of nitrogens with one attached hydrogen (secondary N) is 1. The van der Waals surface area contributed by atoms with Crippen LogP contribution in [-0.2, 0) is 0 Å². The van der Waals surface area contributed by atoms with Crippen LogP contribution in [0, 0.1) is 6.92 Å². The third-order valence-corrected chi connectivity index (χ3v) is 6.16. The van der Waals surface area contributed by atoms with Crippen molar-refractivity contribution in [3.63, 3.8) is 0 Å². The molecule has 0 aliphatic carbocycles. The summed E-state index contributed by atoms with van der Waals surface area (Å²) in [7, 11) is 3.16. The molecule has 8 heteroatoms. The first-order chi connectivity index (χ1) is 14.6. The van der Waals surface area contributed by atoms with Crippen molar-refractivity contribution in [3.8, 4) is 16.7 Å². The molecule has 1 aliphatic rings. The molecule has 30 heavy (non-hydrogen) atoms. The van der Waals surface area contributed by atoms with E-state index in [1.54, 1.807) is 48.7 Å². The number of amides is 2. The monoisotopic (exact) mass is 427 g/mol. The van der Waals surface area contributed by atoms with Crippen molar-refractivity contribution < 1.29 is 19.0 Å². The maximum Gasteiger partial charge on any atom is 0.321 e. The average Bonchev–Trinajstić information content (AvgIpc) is 3.18. The summed E-state index contributed by atoms with van der Waals surface area (Å²) >= 11 is 1.57. The number of rotatable bonds is 5. The van der Waals surface area contributed by atoms with Crippen molar-refractivity contribution in [3.05, 3.63) is 42.0 Å². The molecule has 0 bridgehead atoms. The highest BCUT2D eigenvalue weighted by Crippen LogP contribution is 2.32. The van der Waals surface area contributed by atoms with Gasteiger partial charge >= 0.3 is 6.03 Å². The van der Waals surface area contributed by atoms with E-state index in [0.29, 0.717) is 35.5 Å². The molecule has 7 nitrogen and oxygen atoms in total. The Hall–Kier alpha value is -3.00. The standard InChI is InChI=1S/C22H25N3O4S/c1-14-5-4-6-19-20(14)24-22(30-19)29-15-9-11-25(12-10-15)21(26)23-17-8-7-16(27-2)13-18(17)28-3/h4-8,13,15H,9-12H2,1-3H3,(H,23,26). The number of carbonyl (C=O) groups excluding carboxylic acids is 1. The number of fused-ring (bicyclic) bond motifs is 1. The van der Waals surface area contributed by atoms with Crippen LogP contribution in [0.1, 0.15) is 18.4 Å². The summed E-state index contributed by atoms with van der Waals surface area (Å²) in [6.07, 6.45) is 1.59. The smallest absolute Gasteiger partial charge is 0.321 e. The Morgan fingerprint density at radius 3 is 2.67 bits per heavy atom. The predicted octanol–water partition coefficient (Wildman–Crippen LogP) is 4.70. The van der Waals surface area contributed by atoms with Crippen molar-refractivity contribution in [2.24, 2.45) is 0 Å². The molecule has 2 heterocycles. The molecule has 1 aliphatic heterocycles. The zero-order valence-electron chi connectivity index (χ0n) is 17.3. The summed E-state index contributed by atoms with van der Waals surface area (Å²) in [5.41, 5.74) is 2.77. The van der Waals surface area contributed by atoms with Gasteiger partial charge in [-0.05, 0) is 30.7 Å². The van der Waals surface area contributed by atoms with Crippen LogP contribution in [0.2, 0.25) is 0 Å². The molecule has 0 atom stereocenters. The molecule has 1 saturated heterocycles. The number of methoxy groups -OCH3 is 2. The number of urea groups is 1. The van der Waals surface area contributed by atoms with Crippen LogP contribution in [0.4, 0.5) is 10.5 Å². The van der Waals surface area contributed by atoms with Crippen LogP contribution in [-0.4, -0.2) is 49.3 Å². The van der Waals surface area contributed by atoms with E-state index in [1.165, 1.54) is 0 Å². The van der Waals surface area contributed by atoms with Gasteiger partial charge in [-0.3, -0.25) is 0 Å². The fourth-order valence-corrected chi connectivity index (χ4v) is 4.49. The molecule has 0 unspecified atom stereocenters. The molecular formula is C22H25N3O4S. The van der Waals surface area contributed by atoms with Crippen LogP contribution >= 0.6 is 11.3 Å². The summed E-state index contributed by atoms with van der Waals surface area (Å²) in [5.74, 6) is 1.24. The van der Waals surface area contributed by atoms with E-state index in [0.717, 1.165) is 28.6 Å². The van der Waals surface area contributed by atoms with Crippen LogP contribution in [0.25, 0.3) is 10.2 Å². The second-order valence-electron chi connectivity index (χ2n) is 7.20. The van der Waals surface area contributed by atoms with Gasteiger partial charge < -0.3 is 24.4 Å². The van der Waals surface area contributed by atoms with Crippen LogP contribution in [0.5, 0.6) is 16.7 Å². The zero-order chi connectivity index (χ0) is 21.1. The van der Waals surface area contributed by atoms with Crippen LogP contribution in [0.3, 0.4) is 0 Å². The average molecular weight is 428 g/mol. The van der Waals surface area contributed by atoms with Crippen molar-refractivity contribution >= 4 is 33.3 Å². The highest BCUT2D eigenvalue weighted by atomic mass is 32.1. The molecule has 2 amide bonds. The van der Waals surface area contributed by atoms with E-state index in [2.05, 4.69) is 29.4 Å². The van der Waals surface area contributed by atoms with Gasteiger partial charge in [0.25, 0.3) is 5.19 Å². The molecule has 0 radical (unpaired) electrons. The minimum absolute atomic E-state index is 0.0606. The summed E-state index contributed by atoms with van der Waals surface area (Å²) < 4.78 is 17.8. The SMILES string of the molecule is COc1ccc(NC(=O)N2CCC(Oc3nc4c(C)cccc4s3)CC2)c(OC)c1. The molecule has 1 fully saturated rings. The maximum atomic E-state index is 12.7. The number of nitrogens with zero attached hydrogens (tertiary/aromatic N) is 2. The first-order valence-corrected chi connectivity index (χ1v) is 10.7. The Morgan fingerprint density at radius 1 is 1.17 bits per heavy atom. The molecule has 158 valence electrons. The number of carbonyl (C=O) groups is 1. The van der Waals surface area contributed by atoms with Crippen LogP contribution < -0.4 is 19.5 Å². The molecular weight excluding hydrogens is 402 g/mol. The molecule has 2 aromatic carbocycles. The lowest BCUT2D eigenvalue weighted by Crippen LogP contribution is -2.43. The number of likely N-dealkylation sites (tertiary alicyclic amines) is 1. The van der Waals surface area contributed by atoms with Gasteiger partial charge in [-0.2, -0.15) is 0 Å². The first kappa shape index (κ1) is 20.3. The maximum absolute atomic E-state index is 12.7. The highest BCUT2D eigenvalue weighted by molar-refractivity contribution is 7.20. The van der Waals surface area contributed by atoms with Gasteiger partial charge in [-0.1, -0.05) is 23.5 Å². The summed E-state index contributed by atoms with van der Waals surface area (Å²) in [5, 5.41) is 3.63. The van der Waals surface area contributed by atoms with Gasteiger partial charge in [-0.25, -0.2) is 9.78 Å². The largest absolute Gasteiger partial charge is 0.497 e. The van der Waals surface area contributed by atoms with Gasteiger partial charge in [0.1, 0.15) is 17.6 Å². The van der Waals surface area contributed by atoms with Crippen molar-refractivity contribution in [1.82, 2.24) is 9.88 Å². The van der Waals surface area contributed by atoms with Gasteiger partial charge in [-0.15, -0.1) is 0 Å². The van der Waals surface area contributed by atoms with Crippen molar-refractivity contribution in [1.29, 1.82) is 0 Å². The van der Waals surface area contributed by atoms with E-state index in [-0.39, 0.29) is 12.1 Å². The lowest BCUT2D eigenvalue weighted by Gasteiger charge is -2.31. The van der Waals surface area contributed by atoms with E-state index < -0.39 is 0 Å². The lowest BCUT2D eigenvalue weighted by molar-refractivity contribution is 0.115. The third-order valence-electron chi connectivity index (χ3n) is 5.25. The van der Waals surface area contributed by atoms with Crippen LogP contribution in [0.15, 0.2) is 36.4 Å². The zero-order valence-corrected chi connectivity index (χ0v) is 18.1. The van der Waals surface area contributed by atoms with Crippen molar-refractivity contribution in [2.75, 3.05) is 32.6 Å². The van der Waals surface area contributed by atoms with Crippen molar-refractivity contribution in [2.45, 2.75) is 25.9 Å². The van der Waals surface area contributed by atoms with E-state index in [4.69, 9.17) is 14.2 Å². The number of hydrogen-bond donors (Lipinski definition) is 1. The number of para-hydroxylation sites is 1. The topological polar surface area (TPSA) is 72.9 Å². The number of benzene rings is 2. The van der Waals surface area contributed by atoms with Gasteiger partial charge in [0.15, 0.2) is 0 Å². The van der Waals surface area contributed by atoms with Gasteiger partial charge in [0.2, 0.25) is 0 Å². The van der Waals surface area contributed by atoms with E-state index in [1.807, 2.05) is 6.07 Å². The second kappa shape index (κ2) is 8.79. The summed E-state index contributed by atoms with van der Waals surface area (Å²) in [4.78, 5) is 19.1. The molecule has 3 aromatic rings. The molecule has 0 spiro atoms. The number of aromatic nitrogens is 1. The molecule has 0 saturated carbocycles. The quantitative estimate of drug-likeness (QED) is 0.639. The number of hydrogen-bond acceptors (Lipinski definition) is 6. The Kier molecular flexibility index (Phi) is 5.94. The number of aryl methyl sites for hydroxylation is 1. The second-order valence-corrected chi connectivity index (χ2v) is 8.20. The van der Waals surface area contributed by atoms with Gasteiger partial charge in [0.05, 0.1) is 30.1 Å². The number of ether oxygens (including phenoxy) is 3. The Labute approximate surface area is 179 Å². The highest BCUT2D eigenvalue weighted by Gasteiger charge is 2.25. The fourth-order valence-electron chi connectivity index (χ4n) is 3.53. The molecule has 4 rings (SSSR count). The summed E-state index contributed by atoms with van der Waals surface area (Å²) in [6, 6.07) is 11.3. The fraction of sp³-hybridized carbons (Fsp3) is 0.364. The summed E-state index contributed by atoms with van der Waals surface area (Å²) in [6.45, 7) is 3.30. The predicted molar refractivity (Wildman–Crippen MR) is 118 cm³/mol. The third kappa shape index (κ3) is 4.28. The number of anilines is 1. The minimum atomic E-state index is -0.146. The Bertz CT molecular complexity index is 1040. The Balaban J connectivity index is 1.33. The minimum Gasteiger partial charge on any atom is -0.497 e. The number of piperidine rings is 1. The van der Waals surface area contributed by atoms with E-state index in [9.17, 15) is 4.79 Å². The van der Waals surface area contributed by atoms with Gasteiger partial charge in [0, 0.05) is 32.0 Å². The first-order valence-electron chi connectivity index (χ1n) is 9.88. The normalized spacial score (nSPS) is 14.6. The lowest BCUT2D eigenvalue weighted by atomic mass is 10.1. The number of thiazole rings is 1. The molecule has 1 aromatic heterocycles. The molecule has 1 N–H and O–H groups in total. The Morgan fingerprint density at radius 2 is 1.97 bits per heavy atom. The van der Waals surface area contributed by atoms with E-state index >= 15 is 0 Å².